The van der Waals surface area contributed by atoms with Crippen molar-refractivity contribution in [1.82, 2.24) is 9.88 Å². The first-order valence-electron chi connectivity index (χ1n) is 7.92. The van der Waals surface area contributed by atoms with Crippen LogP contribution in [-0.4, -0.2) is 55.9 Å². The SMILES string of the molecule is CCOc1ccc2nc(NCCCN3CCOCC3)sc2c1. The van der Waals surface area contributed by atoms with Gasteiger partial charge >= 0.3 is 0 Å². The van der Waals surface area contributed by atoms with Gasteiger partial charge in [0.15, 0.2) is 5.13 Å². The molecule has 0 aliphatic carbocycles. The Morgan fingerprint density at radius 2 is 2.23 bits per heavy atom. The van der Waals surface area contributed by atoms with E-state index in [0.29, 0.717) is 6.61 Å². The number of benzene rings is 1. The van der Waals surface area contributed by atoms with Crippen molar-refractivity contribution in [2.24, 2.45) is 0 Å². The molecule has 1 aromatic carbocycles. The van der Waals surface area contributed by atoms with Gasteiger partial charge in [0.1, 0.15) is 5.75 Å². The van der Waals surface area contributed by atoms with Gasteiger partial charge in [0.25, 0.3) is 0 Å². The van der Waals surface area contributed by atoms with Crippen LogP contribution in [0.4, 0.5) is 5.13 Å². The van der Waals surface area contributed by atoms with Crippen molar-refractivity contribution in [2.45, 2.75) is 13.3 Å². The molecule has 5 nitrogen and oxygen atoms in total. The molecule has 0 spiro atoms. The molecule has 0 radical (unpaired) electrons. The van der Waals surface area contributed by atoms with Crippen LogP contribution in [0.2, 0.25) is 0 Å². The van der Waals surface area contributed by atoms with Crippen LogP contribution in [0.3, 0.4) is 0 Å². The molecule has 120 valence electrons. The minimum atomic E-state index is 0.691. The highest BCUT2D eigenvalue weighted by molar-refractivity contribution is 7.22. The maximum Gasteiger partial charge on any atom is 0.183 e. The number of nitrogens with one attached hydrogen (secondary N) is 1. The summed E-state index contributed by atoms with van der Waals surface area (Å²) in [6.45, 7) is 8.62. The molecule has 22 heavy (non-hydrogen) atoms. The highest BCUT2D eigenvalue weighted by atomic mass is 32.1. The van der Waals surface area contributed by atoms with Gasteiger partial charge in [0.2, 0.25) is 0 Å². The van der Waals surface area contributed by atoms with Gasteiger partial charge in [-0.2, -0.15) is 0 Å². The number of hydrogen-bond donors (Lipinski definition) is 1. The summed E-state index contributed by atoms with van der Waals surface area (Å²) >= 11 is 1.69. The monoisotopic (exact) mass is 321 g/mol. The number of nitrogens with zero attached hydrogens (tertiary/aromatic N) is 2. The van der Waals surface area contributed by atoms with Crippen molar-refractivity contribution in [3.05, 3.63) is 18.2 Å². The first-order valence-corrected chi connectivity index (χ1v) is 8.74. The highest BCUT2D eigenvalue weighted by Crippen LogP contribution is 2.29. The van der Waals surface area contributed by atoms with Gasteiger partial charge in [-0.25, -0.2) is 4.98 Å². The van der Waals surface area contributed by atoms with E-state index in [4.69, 9.17) is 9.47 Å². The number of ether oxygens (including phenoxy) is 2. The van der Waals surface area contributed by atoms with Crippen LogP contribution >= 0.6 is 11.3 Å². The Balaban J connectivity index is 1.48. The molecule has 1 aromatic heterocycles. The number of anilines is 1. The minimum Gasteiger partial charge on any atom is -0.494 e. The second-order valence-corrected chi connectivity index (χ2v) is 6.35. The number of hydrogen-bond acceptors (Lipinski definition) is 6. The average Bonchev–Trinajstić information content (AvgIpc) is 2.95. The topological polar surface area (TPSA) is 46.6 Å². The zero-order chi connectivity index (χ0) is 15.2. The van der Waals surface area contributed by atoms with Crippen LogP contribution in [0, 0.1) is 0 Å². The first kappa shape index (κ1) is 15.5. The van der Waals surface area contributed by atoms with Gasteiger partial charge in [-0.3, -0.25) is 4.90 Å². The first-order chi connectivity index (χ1) is 10.8. The third-order valence-electron chi connectivity index (χ3n) is 3.70. The number of morpholine rings is 1. The summed E-state index contributed by atoms with van der Waals surface area (Å²) in [5.41, 5.74) is 1.03. The molecular formula is C16H23N3O2S. The summed E-state index contributed by atoms with van der Waals surface area (Å²) in [5.74, 6) is 0.914. The van der Waals surface area contributed by atoms with E-state index in [9.17, 15) is 0 Å². The Labute approximate surface area is 135 Å². The fraction of sp³-hybridized carbons (Fsp3) is 0.562. The van der Waals surface area contributed by atoms with Crippen molar-refractivity contribution >= 4 is 26.7 Å². The minimum absolute atomic E-state index is 0.691. The largest absolute Gasteiger partial charge is 0.494 e. The molecule has 1 saturated heterocycles. The summed E-state index contributed by atoms with van der Waals surface area (Å²) in [7, 11) is 0. The third-order valence-corrected chi connectivity index (χ3v) is 4.68. The summed E-state index contributed by atoms with van der Waals surface area (Å²) in [6.07, 6.45) is 1.13. The second kappa shape index (κ2) is 7.76. The smallest absolute Gasteiger partial charge is 0.183 e. The number of aromatic nitrogens is 1. The molecule has 6 heteroatoms. The zero-order valence-corrected chi connectivity index (χ0v) is 13.8. The fourth-order valence-corrected chi connectivity index (χ4v) is 3.48. The van der Waals surface area contributed by atoms with Gasteiger partial charge in [-0.05, 0) is 38.1 Å². The molecule has 1 aliphatic rings. The fourth-order valence-electron chi connectivity index (χ4n) is 2.56. The summed E-state index contributed by atoms with van der Waals surface area (Å²) in [5, 5.41) is 4.43. The van der Waals surface area contributed by atoms with Crippen LogP contribution in [0.1, 0.15) is 13.3 Å². The molecule has 0 atom stereocenters. The molecular weight excluding hydrogens is 298 g/mol. The van der Waals surface area contributed by atoms with Crippen molar-refractivity contribution in [3.63, 3.8) is 0 Å². The van der Waals surface area contributed by atoms with Gasteiger partial charge in [0.05, 0.1) is 30.0 Å². The number of fused-ring (bicyclic) bond motifs is 1. The van der Waals surface area contributed by atoms with Crippen LogP contribution < -0.4 is 10.1 Å². The van der Waals surface area contributed by atoms with E-state index in [1.165, 1.54) is 4.70 Å². The van der Waals surface area contributed by atoms with Crippen molar-refractivity contribution in [1.29, 1.82) is 0 Å². The maximum absolute atomic E-state index is 5.53. The molecule has 1 N–H and O–H groups in total. The molecule has 2 aromatic rings. The van der Waals surface area contributed by atoms with Crippen LogP contribution in [-0.2, 0) is 4.74 Å². The summed E-state index contributed by atoms with van der Waals surface area (Å²) in [4.78, 5) is 7.07. The normalized spacial score (nSPS) is 16.0. The lowest BCUT2D eigenvalue weighted by Crippen LogP contribution is -2.37. The van der Waals surface area contributed by atoms with Crippen molar-refractivity contribution in [2.75, 3.05) is 51.3 Å². The van der Waals surface area contributed by atoms with E-state index < -0.39 is 0 Å². The van der Waals surface area contributed by atoms with E-state index in [0.717, 1.165) is 62.2 Å². The van der Waals surface area contributed by atoms with E-state index in [1.807, 2.05) is 19.1 Å². The van der Waals surface area contributed by atoms with Crippen LogP contribution in [0.25, 0.3) is 10.2 Å². The molecule has 1 fully saturated rings. The molecule has 0 unspecified atom stereocenters. The lowest BCUT2D eigenvalue weighted by molar-refractivity contribution is 0.0378. The van der Waals surface area contributed by atoms with Gasteiger partial charge < -0.3 is 14.8 Å². The molecule has 0 amide bonds. The Morgan fingerprint density at radius 3 is 3.05 bits per heavy atom. The van der Waals surface area contributed by atoms with E-state index in [2.05, 4.69) is 21.3 Å². The van der Waals surface area contributed by atoms with E-state index in [1.54, 1.807) is 11.3 Å². The lowest BCUT2D eigenvalue weighted by atomic mass is 10.3. The standard InChI is InChI=1S/C16H23N3O2S/c1-2-21-13-4-5-14-15(12-13)22-16(18-14)17-6-3-7-19-8-10-20-11-9-19/h4-5,12H,2-3,6-11H2,1H3,(H,17,18). The molecule has 3 rings (SSSR count). The van der Waals surface area contributed by atoms with Crippen molar-refractivity contribution < 1.29 is 9.47 Å². The molecule has 0 saturated carbocycles. The predicted molar refractivity (Wildman–Crippen MR) is 91.2 cm³/mol. The van der Waals surface area contributed by atoms with Crippen LogP contribution in [0.15, 0.2) is 18.2 Å². The quantitative estimate of drug-likeness (QED) is 0.795. The summed E-state index contributed by atoms with van der Waals surface area (Å²) < 4.78 is 12.1. The molecule has 2 heterocycles. The van der Waals surface area contributed by atoms with Gasteiger partial charge in [-0.1, -0.05) is 11.3 Å². The Morgan fingerprint density at radius 1 is 1.36 bits per heavy atom. The van der Waals surface area contributed by atoms with Gasteiger partial charge in [-0.15, -0.1) is 0 Å². The maximum atomic E-state index is 5.53. The summed E-state index contributed by atoms with van der Waals surface area (Å²) in [6, 6.07) is 6.07. The van der Waals surface area contributed by atoms with E-state index >= 15 is 0 Å². The van der Waals surface area contributed by atoms with Gasteiger partial charge in [0, 0.05) is 19.6 Å². The third kappa shape index (κ3) is 4.09. The Bertz CT molecular complexity index is 596. The molecule has 1 aliphatic heterocycles. The van der Waals surface area contributed by atoms with Crippen molar-refractivity contribution in [3.8, 4) is 5.75 Å². The van der Waals surface area contributed by atoms with E-state index in [-0.39, 0.29) is 0 Å². The lowest BCUT2D eigenvalue weighted by Gasteiger charge is -2.26. The number of thiazole rings is 1. The zero-order valence-electron chi connectivity index (χ0n) is 13.0. The van der Waals surface area contributed by atoms with Crippen LogP contribution in [0.5, 0.6) is 5.75 Å². The number of rotatable bonds is 7. The average molecular weight is 321 g/mol. The Hall–Kier alpha value is -1.37. The second-order valence-electron chi connectivity index (χ2n) is 5.32. The highest BCUT2D eigenvalue weighted by Gasteiger charge is 2.09. The molecule has 0 bridgehead atoms. The predicted octanol–water partition coefficient (Wildman–Crippen LogP) is 2.83. The Kier molecular flexibility index (Phi) is 5.48.